The molecule has 0 atom stereocenters. The summed E-state index contributed by atoms with van der Waals surface area (Å²) in [6.07, 6.45) is 1.85. The largest absolute Gasteiger partial charge is 0.398 e. The first-order chi connectivity index (χ1) is 8.66. The fraction of sp³-hybridized carbons (Fsp3) is 0.500. The van der Waals surface area contributed by atoms with Crippen LogP contribution in [0.5, 0.6) is 0 Å². The van der Waals surface area contributed by atoms with Crippen LogP contribution in [-0.2, 0) is 4.74 Å². The van der Waals surface area contributed by atoms with Crippen LogP contribution in [0.1, 0.15) is 35.7 Å². The van der Waals surface area contributed by atoms with E-state index in [1.165, 1.54) is 0 Å². The van der Waals surface area contributed by atoms with E-state index in [1.54, 1.807) is 18.2 Å². The molecule has 0 spiro atoms. The zero-order valence-electron chi connectivity index (χ0n) is 11.2. The van der Waals surface area contributed by atoms with Crippen LogP contribution in [0.25, 0.3) is 0 Å². The third-order valence-electron chi connectivity index (χ3n) is 2.72. The van der Waals surface area contributed by atoms with E-state index in [-0.39, 0.29) is 5.91 Å². The van der Waals surface area contributed by atoms with E-state index in [2.05, 4.69) is 12.2 Å². The van der Waals surface area contributed by atoms with Crippen molar-refractivity contribution in [2.45, 2.75) is 26.7 Å². The molecule has 1 amide bonds. The molecule has 0 aliphatic heterocycles. The monoisotopic (exact) mass is 250 g/mol. The molecule has 0 aliphatic carbocycles. The van der Waals surface area contributed by atoms with E-state index in [4.69, 9.17) is 10.5 Å². The lowest BCUT2D eigenvalue weighted by molar-refractivity contribution is 0.0941. The van der Waals surface area contributed by atoms with Gasteiger partial charge in [-0.1, -0.05) is 13.0 Å². The van der Waals surface area contributed by atoms with Gasteiger partial charge in [-0.05, 0) is 37.5 Å². The van der Waals surface area contributed by atoms with Gasteiger partial charge in [-0.3, -0.25) is 4.79 Å². The molecule has 0 aromatic heterocycles. The first kappa shape index (κ1) is 14.5. The molecular weight excluding hydrogens is 228 g/mol. The molecule has 18 heavy (non-hydrogen) atoms. The van der Waals surface area contributed by atoms with Crippen molar-refractivity contribution in [1.82, 2.24) is 5.32 Å². The van der Waals surface area contributed by atoms with Crippen molar-refractivity contribution in [2.75, 3.05) is 25.5 Å². The minimum Gasteiger partial charge on any atom is -0.398 e. The summed E-state index contributed by atoms with van der Waals surface area (Å²) in [6.45, 7) is 6.02. The van der Waals surface area contributed by atoms with Crippen LogP contribution in [0, 0.1) is 6.92 Å². The summed E-state index contributed by atoms with van der Waals surface area (Å²) in [5.74, 6) is -0.0738. The molecule has 1 rings (SSSR count). The molecular formula is C14H22N2O2. The summed E-state index contributed by atoms with van der Waals surface area (Å²) in [4.78, 5) is 11.9. The second-order valence-corrected chi connectivity index (χ2v) is 4.24. The highest BCUT2D eigenvalue weighted by Gasteiger charge is 2.09. The van der Waals surface area contributed by atoms with Crippen molar-refractivity contribution >= 4 is 11.6 Å². The second kappa shape index (κ2) is 7.71. The smallest absolute Gasteiger partial charge is 0.251 e. The Bertz CT molecular complexity index is 391. The Morgan fingerprint density at radius 3 is 2.89 bits per heavy atom. The van der Waals surface area contributed by atoms with Crippen molar-refractivity contribution in [1.29, 1.82) is 0 Å². The number of anilines is 1. The summed E-state index contributed by atoms with van der Waals surface area (Å²) >= 11 is 0. The number of benzene rings is 1. The maximum Gasteiger partial charge on any atom is 0.251 e. The lowest BCUT2D eigenvalue weighted by Crippen LogP contribution is -2.26. The number of amides is 1. The van der Waals surface area contributed by atoms with E-state index in [9.17, 15) is 4.79 Å². The number of ether oxygens (including phenoxy) is 1. The SMILES string of the molecule is CCCOCCCNC(=O)c1cccc(N)c1C. The van der Waals surface area contributed by atoms with Gasteiger partial charge < -0.3 is 15.8 Å². The van der Waals surface area contributed by atoms with Gasteiger partial charge in [0.2, 0.25) is 0 Å². The maximum absolute atomic E-state index is 11.9. The van der Waals surface area contributed by atoms with Crippen molar-refractivity contribution in [3.8, 4) is 0 Å². The molecule has 0 radical (unpaired) electrons. The Labute approximate surface area is 109 Å². The first-order valence-corrected chi connectivity index (χ1v) is 6.37. The van der Waals surface area contributed by atoms with Gasteiger partial charge >= 0.3 is 0 Å². The van der Waals surface area contributed by atoms with Crippen molar-refractivity contribution in [3.63, 3.8) is 0 Å². The molecule has 0 bridgehead atoms. The highest BCUT2D eigenvalue weighted by molar-refractivity contribution is 5.96. The van der Waals surface area contributed by atoms with Gasteiger partial charge in [0.05, 0.1) is 0 Å². The van der Waals surface area contributed by atoms with Gasteiger partial charge in [0.25, 0.3) is 5.91 Å². The van der Waals surface area contributed by atoms with Gasteiger partial charge in [-0.15, -0.1) is 0 Å². The predicted octanol–water partition coefficient (Wildman–Crippen LogP) is 2.12. The fourth-order valence-electron chi connectivity index (χ4n) is 1.62. The molecule has 4 heteroatoms. The fourth-order valence-corrected chi connectivity index (χ4v) is 1.62. The van der Waals surface area contributed by atoms with Gasteiger partial charge in [-0.2, -0.15) is 0 Å². The van der Waals surface area contributed by atoms with Crippen LogP contribution < -0.4 is 11.1 Å². The number of hydrogen-bond acceptors (Lipinski definition) is 3. The topological polar surface area (TPSA) is 64.3 Å². The van der Waals surface area contributed by atoms with Gasteiger partial charge in [0.15, 0.2) is 0 Å². The molecule has 1 aromatic carbocycles. The molecule has 1 aromatic rings. The lowest BCUT2D eigenvalue weighted by atomic mass is 10.1. The minimum atomic E-state index is -0.0738. The molecule has 0 unspecified atom stereocenters. The molecule has 0 heterocycles. The quantitative estimate of drug-likeness (QED) is 0.575. The van der Waals surface area contributed by atoms with E-state index in [0.29, 0.717) is 24.4 Å². The molecule has 0 aliphatic rings. The predicted molar refractivity (Wildman–Crippen MR) is 73.7 cm³/mol. The van der Waals surface area contributed by atoms with Crippen LogP contribution in [0.2, 0.25) is 0 Å². The Hall–Kier alpha value is -1.55. The van der Waals surface area contributed by atoms with Gasteiger partial charge in [-0.25, -0.2) is 0 Å². The highest BCUT2D eigenvalue weighted by Crippen LogP contribution is 2.15. The summed E-state index contributed by atoms with van der Waals surface area (Å²) in [7, 11) is 0. The van der Waals surface area contributed by atoms with Crippen LogP contribution in [-0.4, -0.2) is 25.7 Å². The van der Waals surface area contributed by atoms with Crippen LogP contribution in [0.15, 0.2) is 18.2 Å². The Balaban J connectivity index is 2.35. The lowest BCUT2D eigenvalue weighted by Gasteiger charge is -2.09. The highest BCUT2D eigenvalue weighted by atomic mass is 16.5. The minimum absolute atomic E-state index is 0.0738. The van der Waals surface area contributed by atoms with E-state index in [1.807, 2.05) is 6.92 Å². The number of nitrogens with one attached hydrogen (secondary N) is 1. The summed E-state index contributed by atoms with van der Waals surface area (Å²) in [6, 6.07) is 5.38. The standard InChI is InChI=1S/C14H22N2O2/c1-3-9-18-10-5-8-16-14(17)12-6-4-7-13(15)11(12)2/h4,6-7H,3,5,8-10,15H2,1-2H3,(H,16,17). The average molecular weight is 250 g/mol. The number of carbonyl (C=O) groups excluding carboxylic acids is 1. The summed E-state index contributed by atoms with van der Waals surface area (Å²) in [5.41, 5.74) is 7.89. The zero-order valence-corrected chi connectivity index (χ0v) is 11.2. The van der Waals surface area contributed by atoms with Crippen LogP contribution >= 0.6 is 0 Å². The Kier molecular flexibility index (Phi) is 6.22. The maximum atomic E-state index is 11.9. The molecule has 0 fully saturated rings. The Morgan fingerprint density at radius 2 is 2.17 bits per heavy atom. The molecule has 4 nitrogen and oxygen atoms in total. The second-order valence-electron chi connectivity index (χ2n) is 4.24. The third kappa shape index (κ3) is 4.37. The van der Waals surface area contributed by atoms with Crippen molar-refractivity contribution in [2.24, 2.45) is 0 Å². The Morgan fingerprint density at radius 1 is 1.39 bits per heavy atom. The molecule has 0 saturated carbocycles. The molecule has 0 saturated heterocycles. The van der Waals surface area contributed by atoms with E-state index >= 15 is 0 Å². The number of rotatable bonds is 7. The third-order valence-corrected chi connectivity index (χ3v) is 2.72. The van der Waals surface area contributed by atoms with Crippen molar-refractivity contribution in [3.05, 3.63) is 29.3 Å². The number of nitrogen functional groups attached to an aromatic ring is 1. The van der Waals surface area contributed by atoms with Crippen LogP contribution in [0.4, 0.5) is 5.69 Å². The van der Waals surface area contributed by atoms with Crippen molar-refractivity contribution < 1.29 is 9.53 Å². The van der Waals surface area contributed by atoms with E-state index in [0.717, 1.165) is 25.0 Å². The first-order valence-electron chi connectivity index (χ1n) is 6.37. The number of carbonyl (C=O) groups is 1. The average Bonchev–Trinajstić information content (AvgIpc) is 2.36. The molecule has 3 N–H and O–H groups in total. The van der Waals surface area contributed by atoms with Crippen LogP contribution in [0.3, 0.4) is 0 Å². The van der Waals surface area contributed by atoms with E-state index < -0.39 is 0 Å². The molecule has 100 valence electrons. The summed E-state index contributed by atoms with van der Waals surface area (Å²) in [5, 5.41) is 2.87. The zero-order chi connectivity index (χ0) is 13.4. The van der Waals surface area contributed by atoms with Gasteiger partial charge in [0.1, 0.15) is 0 Å². The number of nitrogens with two attached hydrogens (primary N) is 1. The summed E-state index contributed by atoms with van der Waals surface area (Å²) < 4.78 is 5.34. The van der Waals surface area contributed by atoms with Gasteiger partial charge in [0, 0.05) is 31.0 Å². The number of hydrogen-bond donors (Lipinski definition) is 2. The normalized spacial score (nSPS) is 10.3.